The van der Waals surface area contributed by atoms with Crippen LogP contribution in [0, 0.1) is 17.7 Å². The lowest BCUT2D eigenvalue weighted by Crippen LogP contribution is -2.52. The largest absolute Gasteiger partial charge is 0.338 e. The van der Waals surface area contributed by atoms with Crippen LogP contribution < -0.4 is 10.6 Å². The van der Waals surface area contributed by atoms with Gasteiger partial charge in [0.1, 0.15) is 5.82 Å². The first-order chi connectivity index (χ1) is 15.6. The van der Waals surface area contributed by atoms with Gasteiger partial charge in [-0.25, -0.2) is 9.18 Å². The van der Waals surface area contributed by atoms with Gasteiger partial charge in [-0.1, -0.05) is 36.4 Å². The molecule has 1 saturated heterocycles. The van der Waals surface area contributed by atoms with Crippen LogP contribution in [0.1, 0.15) is 47.2 Å². The number of amides is 3. The van der Waals surface area contributed by atoms with E-state index in [1.54, 1.807) is 17.0 Å². The molecular weight excluding hydrogens is 405 g/mol. The number of rotatable bonds is 3. The maximum Gasteiger partial charge on any atom is 0.315 e. The van der Waals surface area contributed by atoms with E-state index in [1.807, 2.05) is 0 Å². The third-order valence-corrected chi connectivity index (χ3v) is 7.53. The van der Waals surface area contributed by atoms with E-state index >= 15 is 0 Å². The van der Waals surface area contributed by atoms with Crippen LogP contribution in [0.3, 0.4) is 0 Å². The average molecular weight is 436 g/mol. The molecule has 1 saturated carbocycles. The number of nitrogens with one attached hydrogen (secondary N) is 2. The normalized spacial score (nSPS) is 25.0. The van der Waals surface area contributed by atoms with E-state index in [2.05, 4.69) is 34.9 Å². The average Bonchev–Trinajstić information content (AvgIpc) is 3.07. The highest BCUT2D eigenvalue weighted by atomic mass is 19.1. The summed E-state index contributed by atoms with van der Waals surface area (Å²) in [5, 5.41) is 6.42. The number of hydrogen-bond donors (Lipinski definition) is 2. The molecule has 2 fully saturated rings. The van der Waals surface area contributed by atoms with Crippen molar-refractivity contribution in [2.24, 2.45) is 11.8 Å². The molecule has 5 nitrogen and oxygen atoms in total. The number of nitrogens with zero attached hydrogens (tertiary/aromatic N) is 1. The second-order valence-corrected chi connectivity index (χ2v) is 9.46. The van der Waals surface area contributed by atoms with Gasteiger partial charge in [0, 0.05) is 25.2 Å². The van der Waals surface area contributed by atoms with E-state index in [4.69, 9.17) is 0 Å². The minimum Gasteiger partial charge on any atom is -0.338 e. The maximum absolute atomic E-state index is 13.9. The first-order valence-corrected chi connectivity index (χ1v) is 11.8. The van der Waals surface area contributed by atoms with Gasteiger partial charge in [0.25, 0.3) is 5.91 Å². The molecule has 2 aromatic carbocycles. The van der Waals surface area contributed by atoms with Crippen LogP contribution in [0.2, 0.25) is 0 Å². The second-order valence-electron chi connectivity index (χ2n) is 9.46. The Balaban J connectivity index is 1.14. The molecule has 2 N–H and O–H groups in total. The van der Waals surface area contributed by atoms with Crippen LogP contribution in [0.15, 0.2) is 48.5 Å². The van der Waals surface area contributed by atoms with Crippen LogP contribution in [-0.2, 0) is 12.8 Å². The SMILES string of the molecule is O=C(NC1CCN(C(=O)c2ccccc2F)CC1)NC1C2CCC1Cc1ccccc1C2. The van der Waals surface area contributed by atoms with Crippen molar-refractivity contribution in [3.63, 3.8) is 0 Å². The smallest absolute Gasteiger partial charge is 0.315 e. The Kier molecular flexibility index (Phi) is 5.85. The van der Waals surface area contributed by atoms with E-state index in [-0.39, 0.29) is 29.6 Å². The van der Waals surface area contributed by atoms with E-state index < -0.39 is 5.82 Å². The molecule has 3 aliphatic rings. The first-order valence-electron chi connectivity index (χ1n) is 11.8. The molecule has 1 aliphatic heterocycles. The van der Waals surface area contributed by atoms with Crippen LogP contribution in [0.25, 0.3) is 0 Å². The van der Waals surface area contributed by atoms with Gasteiger partial charge >= 0.3 is 6.03 Å². The maximum atomic E-state index is 13.9. The summed E-state index contributed by atoms with van der Waals surface area (Å²) in [6, 6.07) is 14.9. The Morgan fingerprint density at radius 3 is 2.03 bits per heavy atom. The van der Waals surface area contributed by atoms with Crippen molar-refractivity contribution in [3.8, 4) is 0 Å². The lowest BCUT2D eigenvalue weighted by atomic mass is 9.94. The number of carbonyl (C=O) groups is 2. The van der Waals surface area contributed by atoms with Gasteiger partial charge in [-0.05, 0) is 73.6 Å². The molecule has 0 spiro atoms. The standard InChI is InChI=1S/C26H30FN3O2/c27-23-8-4-3-7-22(23)25(31)30-13-11-21(12-14-30)28-26(32)29-24-19-9-10-20(24)16-18-6-2-1-5-17(18)15-19/h1-8,19-21,24H,9-16H2,(H2,28,29,32). The highest BCUT2D eigenvalue weighted by Gasteiger charge is 2.40. The number of benzene rings is 2. The molecule has 2 bridgehead atoms. The van der Waals surface area contributed by atoms with Crippen molar-refractivity contribution in [1.29, 1.82) is 0 Å². The summed E-state index contributed by atoms with van der Waals surface area (Å²) >= 11 is 0. The van der Waals surface area contributed by atoms with E-state index in [0.717, 1.165) is 12.8 Å². The number of carbonyl (C=O) groups excluding carboxylic acids is 2. The second kappa shape index (κ2) is 8.93. The molecule has 2 atom stereocenters. The predicted molar refractivity (Wildman–Crippen MR) is 121 cm³/mol. The summed E-state index contributed by atoms with van der Waals surface area (Å²) in [6.07, 6.45) is 5.76. The van der Waals surface area contributed by atoms with Crippen LogP contribution in [0.4, 0.5) is 9.18 Å². The summed E-state index contributed by atoms with van der Waals surface area (Å²) in [5.74, 6) is 0.224. The molecule has 32 heavy (non-hydrogen) atoms. The number of piperidine rings is 1. The highest BCUT2D eigenvalue weighted by molar-refractivity contribution is 5.94. The quantitative estimate of drug-likeness (QED) is 0.768. The zero-order chi connectivity index (χ0) is 22.1. The van der Waals surface area contributed by atoms with Crippen molar-refractivity contribution >= 4 is 11.9 Å². The number of fused-ring (bicyclic) bond motifs is 3. The summed E-state index contributed by atoms with van der Waals surface area (Å²) in [5.41, 5.74) is 2.97. The highest BCUT2D eigenvalue weighted by Crippen LogP contribution is 2.40. The minimum atomic E-state index is -0.489. The van der Waals surface area contributed by atoms with Gasteiger partial charge in [0.2, 0.25) is 0 Å². The van der Waals surface area contributed by atoms with E-state index in [0.29, 0.717) is 37.8 Å². The topological polar surface area (TPSA) is 61.4 Å². The van der Waals surface area contributed by atoms with E-state index in [9.17, 15) is 14.0 Å². The van der Waals surface area contributed by atoms with Crippen molar-refractivity contribution in [2.75, 3.05) is 13.1 Å². The molecule has 168 valence electrons. The Hall–Kier alpha value is -2.89. The summed E-state index contributed by atoms with van der Waals surface area (Å²) < 4.78 is 13.9. The molecule has 0 aromatic heterocycles. The Bertz CT molecular complexity index is 969. The van der Waals surface area contributed by atoms with Crippen molar-refractivity contribution in [3.05, 3.63) is 71.0 Å². The first kappa shape index (κ1) is 21.0. The molecule has 6 heteroatoms. The Labute approximate surface area is 188 Å². The predicted octanol–water partition coefficient (Wildman–Crippen LogP) is 3.92. The van der Waals surface area contributed by atoms with E-state index in [1.165, 1.54) is 36.1 Å². The molecule has 5 rings (SSSR count). The number of likely N-dealkylation sites (tertiary alicyclic amines) is 1. The fourth-order valence-electron chi connectivity index (χ4n) is 5.80. The lowest BCUT2D eigenvalue weighted by molar-refractivity contribution is 0.0703. The van der Waals surface area contributed by atoms with Gasteiger partial charge in [0.05, 0.1) is 5.56 Å². The molecule has 3 amide bonds. The van der Waals surface area contributed by atoms with Gasteiger partial charge in [-0.15, -0.1) is 0 Å². The fourth-order valence-corrected chi connectivity index (χ4v) is 5.80. The van der Waals surface area contributed by atoms with Gasteiger partial charge < -0.3 is 15.5 Å². The third kappa shape index (κ3) is 4.23. The monoisotopic (exact) mass is 435 g/mol. The number of halogens is 1. The summed E-state index contributed by atoms with van der Waals surface area (Å²) in [4.78, 5) is 27.1. The van der Waals surface area contributed by atoms with Gasteiger partial charge in [0.15, 0.2) is 0 Å². The molecule has 2 aliphatic carbocycles. The van der Waals surface area contributed by atoms with Gasteiger partial charge in [-0.3, -0.25) is 4.79 Å². The minimum absolute atomic E-state index is 0.0281. The van der Waals surface area contributed by atoms with Crippen molar-refractivity contribution in [2.45, 2.75) is 50.6 Å². The lowest BCUT2D eigenvalue weighted by Gasteiger charge is -2.33. The van der Waals surface area contributed by atoms with Crippen LogP contribution in [-0.4, -0.2) is 42.0 Å². The van der Waals surface area contributed by atoms with Gasteiger partial charge in [-0.2, -0.15) is 0 Å². The van der Waals surface area contributed by atoms with Crippen molar-refractivity contribution in [1.82, 2.24) is 15.5 Å². The molecule has 1 heterocycles. The zero-order valence-electron chi connectivity index (χ0n) is 18.2. The molecule has 2 aromatic rings. The Morgan fingerprint density at radius 2 is 1.41 bits per heavy atom. The van der Waals surface area contributed by atoms with Crippen LogP contribution in [0.5, 0.6) is 0 Å². The summed E-state index contributed by atoms with van der Waals surface area (Å²) in [7, 11) is 0. The summed E-state index contributed by atoms with van der Waals surface area (Å²) in [6.45, 7) is 1.03. The Morgan fingerprint density at radius 1 is 0.812 bits per heavy atom. The number of urea groups is 1. The molecular formula is C26H30FN3O2. The molecule has 0 radical (unpaired) electrons. The van der Waals surface area contributed by atoms with Crippen molar-refractivity contribution < 1.29 is 14.0 Å². The molecule has 2 unspecified atom stereocenters. The van der Waals surface area contributed by atoms with Crippen LogP contribution >= 0.6 is 0 Å². The zero-order valence-corrected chi connectivity index (χ0v) is 18.2. The number of hydrogen-bond acceptors (Lipinski definition) is 2. The third-order valence-electron chi connectivity index (χ3n) is 7.53. The fraction of sp³-hybridized carbons (Fsp3) is 0.462.